The van der Waals surface area contributed by atoms with Crippen LogP contribution in [0.3, 0.4) is 0 Å². The maximum Gasteiger partial charge on any atom is 0.318 e. The molecule has 0 aliphatic heterocycles. The molecule has 3 atom stereocenters. The lowest BCUT2D eigenvalue weighted by atomic mass is 9.91. The Morgan fingerprint density at radius 2 is 1.43 bits per heavy atom. The Balaban J connectivity index is 2.51. The van der Waals surface area contributed by atoms with Crippen LogP contribution in [0.5, 0.6) is 0 Å². The van der Waals surface area contributed by atoms with E-state index in [-0.39, 0.29) is 13.2 Å². The van der Waals surface area contributed by atoms with Crippen molar-refractivity contribution in [3.8, 4) is 0 Å². The van der Waals surface area contributed by atoms with Gasteiger partial charge in [-0.1, -0.05) is 30.3 Å². The van der Waals surface area contributed by atoms with Crippen molar-refractivity contribution in [1.82, 2.24) is 0 Å². The summed E-state index contributed by atoms with van der Waals surface area (Å²) in [6, 6.07) is 8.66. The van der Waals surface area contributed by atoms with E-state index in [0.29, 0.717) is 5.56 Å². The van der Waals surface area contributed by atoms with Gasteiger partial charge < -0.3 is 14.2 Å². The molecule has 0 heterocycles. The van der Waals surface area contributed by atoms with Crippen LogP contribution >= 0.6 is 0 Å². The minimum absolute atomic E-state index is 0.164. The summed E-state index contributed by atoms with van der Waals surface area (Å²) in [5.74, 6) is -3.70. The number of carbonyl (C=O) groups is 3. The third kappa shape index (κ3) is 2.69. The van der Waals surface area contributed by atoms with E-state index in [1.54, 1.807) is 44.2 Å². The van der Waals surface area contributed by atoms with E-state index in [0.717, 1.165) is 0 Å². The lowest BCUT2D eigenvalue weighted by Crippen LogP contribution is -2.29. The number of esters is 3. The van der Waals surface area contributed by atoms with Crippen LogP contribution in [0.25, 0.3) is 0 Å². The van der Waals surface area contributed by atoms with Crippen LogP contribution in [0, 0.1) is 11.8 Å². The number of benzene rings is 1. The molecule has 0 spiro atoms. The van der Waals surface area contributed by atoms with Gasteiger partial charge in [-0.25, -0.2) is 0 Å². The highest BCUT2D eigenvalue weighted by molar-refractivity contribution is 6.05. The molecular weight excluding hydrogens is 300 g/mol. The Morgan fingerprint density at radius 3 is 1.83 bits per heavy atom. The van der Waals surface area contributed by atoms with Gasteiger partial charge in [0.05, 0.1) is 32.2 Å². The van der Waals surface area contributed by atoms with Crippen molar-refractivity contribution in [3.05, 3.63) is 35.9 Å². The van der Waals surface area contributed by atoms with Crippen LogP contribution in [-0.2, 0) is 34.0 Å². The summed E-state index contributed by atoms with van der Waals surface area (Å²) in [5.41, 5.74) is -0.836. The number of hydrogen-bond acceptors (Lipinski definition) is 6. The molecule has 0 aromatic heterocycles. The summed E-state index contributed by atoms with van der Waals surface area (Å²) in [5, 5.41) is 0. The zero-order valence-electron chi connectivity index (χ0n) is 13.4. The minimum atomic E-state index is -1.38. The first-order chi connectivity index (χ1) is 11.0. The predicted molar refractivity (Wildman–Crippen MR) is 80.4 cm³/mol. The van der Waals surface area contributed by atoms with Crippen molar-refractivity contribution in [2.24, 2.45) is 11.8 Å². The van der Waals surface area contributed by atoms with Gasteiger partial charge in [0.1, 0.15) is 5.41 Å². The topological polar surface area (TPSA) is 78.9 Å². The second-order valence-electron chi connectivity index (χ2n) is 5.19. The summed E-state index contributed by atoms with van der Waals surface area (Å²) in [6.07, 6.45) is 0. The maximum absolute atomic E-state index is 12.5. The first-order valence-electron chi connectivity index (χ1n) is 7.52. The van der Waals surface area contributed by atoms with Gasteiger partial charge in [-0.15, -0.1) is 0 Å². The highest BCUT2D eigenvalue weighted by atomic mass is 16.5. The molecule has 1 aromatic carbocycles. The Morgan fingerprint density at radius 1 is 0.957 bits per heavy atom. The minimum Gasteiger partial charge on any atom is -0.468 e. The second kappa shape index (κ2) is 6.81. The van der Waals surface area contributed by atoms with E-state index in [2.05, 4.69) is 0 Å². The SMILES string of the molecule is CCOC(=O)[C@@H]1[C@H](C(=O)OCC)C1(C(=O)OC)c1ccccc1. The van der Waals surface area contributed by atoms with E-state index in [9.17, 15) is 14.4 Å². The van der Waals surface area contributed by atoms with Crippen molar-refractivity contribution in [1.29, 1.82) is 0 Å². The number of hydrogen-bond donors (Lipinski definition) is 0. The zero-order valence-corrected chi connectivity index (χ0v) is 13.4. The normalized spacial score (nSPS) is 25.3. The zero-order chi connectivity index (χ0) is 17.0. The average Bonchev–Trinajstić information content (AvgIpc) is 3.27. The van der Waals surface area contributed by atoms with Gasteiger partial charge in [0.25, 0.3) is 0 Å². The Bertz CT molecular complexity index is 570. The van der Waals surface area contributed by atoms with Crippen LogP contribution in [0.1, 0.15) is 19.4 Å². The van der Waals surface area contributed by atoms with Crippen molar-refractivity contribution >= 4 is 17.9 Å². The fourth-order valence-electron chi connectivity index (χ4n) is 3.11. The molecular formula is C17H20O6. The molecule has 1 aromatic rings. The van der Waals surface area contributed by atoms with E-state index >= 15 is 0 Å². The molecule has 1 aliphatic rings. The van der Waals surface area contributed by atoms with Crippen LogP contribution in [0.15, 0.2) is 30.3 Å². The second-order valence-corrected chi connectivity index (χ2v) is 5.19. The summed E-state index contributed by atoms with van der Waals surface area (Å²) in [7, 11) is 1.23. The summed E-state index contributed by atoms with van der Waals surface area (Å²) in [6.45, 7) is 3.66. The first-order valence-corrected chi connectivity index (χ1v) is 7.52. The summed E-state index contributed by atoms with van der Waals surface area (Å²) in [4.78, 5) is 37.1. The number of carbonyl (C=O) groups excluding carboxylic acids is 3. The van der Waals surface area contributed by atoms with Gasteiger partial charge in [-0.05, 0) is 19.4 Å². The fraction of sp³-hybridized carbons (Fsp3) is 0.471. The fourth-order valence-corrected chi connectivity index (χ4v) is 3.11. The number of rotatable bonds is 6. The van der Waals surface area contributed by atoms with Gasteiger partial charge >= 0.3 is 17.9 Å². The van der Waals surface area contributed by atoms with Gasteiger partial charge in [0.15, 0.2) is 0 Å². The van der Waals surface area contributed by atoms with E-state index in [1.165, 1.54) is 7.11 Å². The van der Waals surface area contributed by atoms with Crippen LogP contribution in [-0.4, -0.2) is 38.2 Å². The molecule has 2 rings (SSSR count). The molecule has 6 nitrogen and oxygen atoms in total. The predicted octanol–water partition coefficient (Wildman–Crippen LogP) is 1.47. The highest BCUT2D eigenvalue weighted by Crippen LogP contribution is 2.61. The van der Waals surface area contributed by atoms with Gasteiger partial charge in [0.2, 0.25) is 0 Å². The lowest BCUT2D eigenvalue weighted by molar-refractivity contribution is -0.151. The van der Waals surface area contributed by atoms with E-state index in [1.807, 2.05) is 0 Å². The molecule has 6 heteroatoms. The monoisotopic (exact) mass is 320 g/mol. The molecule has 23 heavy (non-hydrogen) atoms. The maximum atomic E-state index is 12.5. The molecule has 1 fully saturated rings. The molecule has 124 valence electrons. The number of ether oxygens (including phenoxy) is 3. The molecule has 0 saturated heterocycles. The van der Waals surface area contributed by atoms with E-state index in [4.69, 9.17) is 14.2 Å². The smallest absolute Gasteiger partial charge is 0.318 e. The third-order valence-corrected chi connectivity index (χ3v) is 4.06. The molecule has 1 aliphatic carbocycles. The lowest BCUT2D eigenvalue weighted by Gasteiger charge is -2.15. The number of methoxy groups -OCH3 is 1. The summed E-state index contributed by atoms with van der Waals surface area (Å²) < 4.78 is 15.0. The first kappa shape index (κ1) is 17.0. The average molecular weight is 320 g/mol. The van der Waals surface area contributed by atoms with Gasteiger partial charge in [-0.3, -0.25) is 14.4 Å². The highest BCUT2D eigenvalue weighted by Gasteiger charge is 2.79. The molecule has 0 bridgehead atoms. The third-order valence-electron chi connectivity index (χ3n) is 4.06. The van der Waals surface area contributed by atoms with Crippen molar-refractivity contribution in [2.75, 3.05) is 20.3 Å². The van der Waals surface area contributed by atoms with Crippen LogP contribution in [0.4, 0.5) is 0 Å². The quantitative estimate of drug-likeness (QED) is 0.583. The Labute approximate surface area is 134 Å². The standard InChI is InChI=1S/C17H20O6/c1-4-22-14(18)12-13(15(19)23-5-2)17(12,16(20)21-3)11-9-7-6-8-10-11/h6-10,12-13H,4-5H2,1-3H3/t12-,13+,17?. The Kier molecular flexibility index (Phi) is 5.03. The van der Waals surface area contributed by atoms with Crippen molar-refractivity contribution in [3.63, 3.8) is 0 Å². The molecule has 1 saturated carbocycles. The van der Waals surface area contributed by atoms with Crippen LogP contribution in [0.2, 0.25) is 0 Å². The van der Waals surface area contributed by atoms with Gasteiger partial charge in [-0.2, -0.15) is 0 Å². The van der Waals surface area contributed by atoms with Crippen molar-refractivity contribution < 1.29 is 28.6 Å². The molecule has 1 unspecified atom stereocenters. The van der Waals surface area contributed by atoms with Crippen molar-refractivity contribution in [2.45, 2.75) is 19.3 Å². The van der Waals surface area contributed by atoms with E-state index < -0.39 is 35.2 Å². The molecule has 0 N–H and O–H groups in total. The molecule has 0 amide bonds. The molecule has 0 radical (unpaired) electrons. The largest absolute Gasteiger partial charge is 0.468 e. The van der Waals surface area contributed by atoms with Gasteiger partial charge in [0, 0.05) is 0 Å². The summed E-state index contributed by atoms with van der Waals surface area (Å²) >= 11 is 0. The Hall–Kier alpha value is -2.37. The van der Waals surface area contributed by atoms with Crippen LogP contribution < -0.4 is 0 Å².